The Balaban J connectivity index is 1.43. The molecule has 1 saturated carbocycles. The van der Waals surface area contributed by atoms with Crippen LogP contribution in [-0.4, -0.2) is 42.8 Å². The van der Waals surface area contributed by atoms with Crippen molar-refractivity contribution in [2.75, 3.05) is 18.9 Å². The van der Waals surface area contributed by atoms with Crippen LogP contribution in [0.1, 0.15) is 50.4 Å². The van der Waals surface area contributed by atoms with Crippen molar-refractivity contribution in [3.05, 3.63) is 82.4 Å². The van der Waals surface area contributed by atoms with E-state index < -0.39 is 0 Å². The predicted molar refractivity (Wildman–Crippen MR) is 147 cm³/mol. The first-order valence-electron chi connectivity index (χ1n) is 12.8. The van der Waals surface area contributed by atoms with Gasteiger partial charge in [0.1, 0.15) is 5.39 Å². The van der Waals surface area contributed by atoms with E-state index in [1.54, 1.807) is 21.6 Å². The van der Waals surface area contributed by atoms with Gasteiger partial charge >= 0.3 is 0 Å². The molecule has 3 aromatic heterocycles. The predicted octanol–water partition coefficient (Wildman–Crippen LogP) is 4.68. The summed E-state index contributed by atoms with van der Waals surface area (Å²) in [5.74, 6) is 1.08. The highest BCUT2D eigenvalue weighted by atomic mass is 16.1. The van der Waals surface area contributed by atoms with Crippen molar-refractivity contribution in [1.82, 2.24) is 29.2 Å². The van der Waals surface area contributed by atoms with Gasteiger partial charge in [-0.3, -0.25) is 4.79 Å². The lowest BCUT2D eigenvalue weighted by Crippen LogP contribution is -2.35. The van der Waals surface area contributed by atoms with Gasteiger partial charge in [-0.15, -0.1) is 6.58 Å². The maximum absolute atomic E-state index is 13.3. The maximum atomic E-state index is 13.3. The minimum absolute atomic E-state index is 0.135. The third kappa shape index (κ3) is 4.05. The second-order valence-electron chi connectivity index (χ2n) is 11.5. The zero-order valence-corrected chi connectivity index (χ0v) is 22.0. The van der Waals surface area contributed by atoms with Gasteiger partial charge in [0.15, 0.2) is 11.5 Å². The topological polar surface area (TPSA) is 80.9 Å². The van der Waals surface area contributed by atoms with Crippen LogP contribution in [0.4, 0.5) is 11.6 Å². The fourth-order valence-electron chi connectivity index (χ4n) is 5.54. The van der Waals surface area contributed by atoms with Gasteiger partial charge in [0.25, 0.3) is 5.56 Å². The van der Waals surface area contributed by atoms with Crippen molar-refractivity contribution in [2.45, 2.75) is 57.5 Å². The molecule has 0 amide bonds. The highest BCUT2D eigenvalue weighted by Gasteiger charge is 2.48. The van der Waals surface area contributed by atoms with E-state index in [0.717, 1.165) is 24.5 Å². The third-order valence-corrected chi connectivity index (χ3v) is 7.50. The quantitative estimate of drug-likeness (QED) is 0.405. The molecule has 2 aliphatic rings. The number of fused-ring (bicyclic) bond motifs is 3. The number of allylic oxidation sites excluding steroid dienone is 1. The Morgan fingerprint density at radius 2 is 1.97 bits per heavy atom. The molecule has 1 fully saturated rings. The van der Waals surface area contributed by atoms with Gasteiger partial charge in [0.05, 0.1) is 6.54 Å². The zero-order valence-electron chi connectivity index (χ0n) is 22.0. The van der Waals surface area contributed by atoms with Gasteiger partial charge in [-0.05, 0) is 55.3 Å². The lowest BCUT2D eigenvalue weighted by Gasteiger charge is -2.32. The Kier molecular flexibility index (Phi) is 5.35. The zero-order chi connectivity index (χ0) is 25.9. The molecular formula is C29H33N7O. The van der Waals surface area contributed by atoms with Gasteiger partial charge in [0.2, 0.25) is 5.95 Å². The summed E-state index contributed by atoms with van der Waals surface area (Å²) < 4.78 is 3.38. The van der Waals surface area contributed by atoms with Crippen LogP contribution < -0.4 is 10.9 Å². The van der Waals surface area contributed by atoms with Crippen molar-refractivity contribution >= 4 is 22.7 Å². The molecule has 0 bridgehead atoms. The normalized spacial score (nSPS) is 16.6. The van der Waals surface area contributed by atoms with E-state index in [0.29, 0.717) is 34.8 Å². The lowest BCUT2D eigenvalue weighted by molar-refractivity contribution is 0.271. The van der Waals surface area contributed by atoms with Crippen molar-refractivity contribution in [2.24, 2.45) is 0 Å². The first-order valence-corrected chi connectivity index (χ1v) is 12.8. The van der Waals surface area contributed by atoms with Crippen LogP contribution in [-0.2, 0) is 23.9 Å². The Morgan fingerprint density at radius 1 is 1.16 bits per heavy atom. The highest BCUT2D eigenvalue weighted by Crippen LogP contribution is 2.52. The lowest BCUT2D eigenvalue weighted by atomic mass is 9.87. The Labute approximate surface area is 216 Å². The molecule has 8 heteroatoms. The molecule has 190 valence electrons. The Bertz CT molecular complexity index is 1590. The molecular weight excluding hydrogens is 462 g/mol. The van der Waals surface area contributed by atoms with Crippen LogP contribution in [0, 0.1) is 0 Å². The van der Waals surface area contributed by atoms with Crippen LogP contribution in [0.2, 0.25) is 0 Å². The van der Waals surface area contributed by atoms with Crippen LogP contribution >= 0.6 is 0 Å². The fourth-order valence-corrected chi connectivity index (χ4v) is 5.54. The molecule has 1 aliphatic heterocycles. The largest absolute Gasteiger partial charge is 0.324 e. The third-order valence-electron chi connectivity index (χ3n) is 7.50. The molecule has 0 atom stereocenters. The maximum Gasteiger partial charge on any atom is 0.278 e. The van der Waals surface area contributed by atoms with Gasteiger partial charge < -0.3 is 10.2 Å². The molecule has 0 radical (unpaired) electrons. The van der Waals surface area contributed by atoms with Crippen LogP contribution in [0.15, 0.2) is 60.0 Å². The number of hydrogen-bond donors (Lipinski definition) is 1. The van der Waals surface area contributed by atoms with Crippen LogP contribution in [0.5, 0.6) is 0 Å². The van der Waals surface area contributed by atoms with E-state index in [-0.39, 0.29) is 11.0 Å². The monoisotopic (exact) mass is 495 g/mol. The van der Waals surface area contributed by atoms with Crippen LogP contribution in [0.25, 0.3) is 16.9 Å². The standard InChI is InChI=1S/C29H33N7O/c1-6-14-35-26(37)21-16-30-27(33-25(21)36(35)24-9-7-8-23(32-24)28(2,3)4)31-20-10-11-22-19(15-20)17-34(5)18-29(22)12-13-29/h6-11,15-16H,1,12-14,17-18H2,2-5H3,(H,30,31,33). The van der Waals surface area contributed by atoms with Gasteiger partial charge in [-0.1, -0.05) is 39.0 Å². The Morgan fingerprint density at radius 3 is 2.70 bits per heavy atom. The van der Waals surface area contributed by atoms with Crippen molar-refractivity contribution in [3.8, 4) is 5.82 Å². The Hall–Kier alpha value is -3.78. The van der Waals surface area contributed by atoms with Crippen molar-refractivity contribution < 1.29 is 0 Å². The summed E-state index contributed by atoms with van der Waals surface area (Å²) in [6.45, 7) is 12.6. The van der Waals surface area contributed by atoms with E-state index in [2.05, 4.69) is 67.8 Å². The second kappa shape index (κ2) is 8.38. The summed E-state index contributed by atoms with van der Waals surface area (Å²) in [7, 11) is 2.19. The molecule has 0 unspecified atom stereocenters. The highest BCUT2D eigenvalue weighted by molar-refractivity contribution is 5.77. The molecule has 6 rings (SSSR count). The number of rotatable bonds is 5. The van der Waals surface area contributed by atoms with Gasteiger partial charge in [-0.2, -0.15) is 4.98 Å². The molecule has 37 heavy (non-hydrogen) atoms. The van der Waals surface area contributed by atoms with E-state index in [4.69, 9.17) is 9.97 Å². The summed E-state index contributed by atoms with van der Waals surface area (Å²) in [5, 5.41) is 3.82. The van der Waals surface area contributed by atoms with E-state index >= 15 is 0 Å². The SMILES string of the molecule is C=CCn1c(=O)c2cnc(Nc3ccc4c(c3)CN(C)CC43CC3)nc2n1-c1cccc(C(C)(C)C)n1. The molecule has 8 nitrogen and oxygen atoms in total. The fraction of sp³-hybridized carbons (Fsp3) is 0.379. The molecule has 1 aliphatic carbocycles. The van der Waals surface area contributed by atoms with Crippen LogP contribution in [0.3, 0.4) is 0 Å². The first kappa shape index (κ1) is 23.6. The number of benzene rings is 1. The van der Waals surface area contributed by atoms with Gasteiger partial charge in [0, 0.05) is 41.5 Å². The number of nitrogens with zero attached hydrogens (tertiary/aromatic N) is 6. The number of aromatic nitrogens is 5. The molecule has 4 aromatic rings. The molecule has 1 aromatic carbocycles. The summed E-state index contributed by atoms with van der Waals surface area (Å²) in [6.07, 6.45) is 5.83. The summed E-state index contributed by atoms with van der Waals surface area (Å²) in [5.41, 5.74) is 5.26. The molecule has 4 heterocycles. The molecule has 1 N–H and O–H groups in total. The number of likely N-dealkylation sites (N-methyl/N-ethyl adjacent to an activating group) is 1. The average molecular weight is 496 g/mol. The smallest absolute Gasteiger partial charge is 0.278 e. The minimum atomic E-state index is -0.170. The average Bonchev–Trinajstić information content (AvgIpc) is 3.56. The molecule has 0 saturated heterocycles. The number of hydrogen-bond acceptors (Lipinski definition) is 6. The first-order chi connectivity index (χ1) is 17.7. The van der Waals surface area contributed by atoms with E-state index in [1.807, 2.05) is 18.2 Å². The minimum Gasteiger partial charge on any atom is -0.324 e. The van der Waals surface area contributed by atoms with Crippen molar-refractivity contribution in [1.29, 1.82) is 0 Å². The van der Waals surface area contributed by atoms with Crippen molar-refractivity contribution in [3.63, 3.8) is 0 Å². The number of nitrogens with one attached hydrogen (secondary N) is 1. The van der Waals surface area contributed by atoms with Gasteiger partial charge in [-0.25, -0.2) is 19.3 Å². The summed E-state index contributed by atoms with van der Waals surface area (Å²) in [6, 6.07) is 12.5. The number of anilines is 2. The van der Waals surface area contributed by atoms with E-state index in [9.17, 15) is 4.79 Å². The second-order valence-corrected chi connectivity index (χ2v) is 11.5. The summed E-state index contributed by atoms with van der Waals surface area (Å²) in [4.78, 5) is 29.9. The van der Waals surface area contributed by atoms with E-state index in [1.165, 1.54) is 24.0 Å². The number of pyridine rings is 1. The molecule has 1 spiro atoms. The summed E-state index contributed by atoms with van der Waals surface area (Å²) >= 11 is 0.